The quantitative estimate of drug-likeness (QED) is 0.486. The standard InChI is InChI=1S/C17H21ClN2O5/c18-15-10-13(20(23)24)8-9-14(15)17(22)25-11-16(21)19-12-6-4-2-1-3-5-7-12/h8-10,12H,1-7,11H2,(H,19,21). The van der Waals surface area contributed by atoms with Gasteiger partial charge in [0, 0.05) is 18.2 Å². The Labute approximate surface area is 150 Å². The Bertz CT molecular complexity index is 642. The van der Waals surface area contributed by atoms with Crippen LogP contribution in [-0.2, 0) is 9.53 Å². The Morgan fingerprint density at radius 2 is 1.84 bits per heavy atom. The van der Waals surface area contributed by atoms with E-state index in [-0.39, 0.29) is 28.2 Å². The van der Waals surface area contributed by atoms with Gasteiger partial charge in [0.05, 0.1) is 15.5 Å². The highest BCUT2D eigenvalue weighted by atomic mass is 35.5. The molecule has 1 aromatic rings. The van der Waals surface area contributed by atoms with E-state index in [9.17, 15) is 19.7 Å². The molecule has 1 N–H and O–H groups in total. The Kier molecular flexibility index (Phi) is 7.18. The summed E-state index contributed by atoms with van der Waals surface area (Å²) in [6.07, 6.45) is 7.66. The predicted octanol–water partition coefficient (Wildman–Crippen LogP) is 3.63. The van der Waals surface area contributed by atoms with Crippen LogP contribution in [0.4, 0.5) is 5.69 Å². The van der Waals surface area contributed by atoms with Crippen molar-refractivity contribution < 1.29 is 19.2 Å². The lowest BCUT2D eigenvalue weighted by Gasteiger charge is -2.20. The lowest BCUT2D eigenvalue weighted by molar-refractivity contribution is -0.384. The van der Waals surface area contributed by atoms with E-state index in [0.717, 1.165) is 37.8 Å². The largest absolute Gasteiger partial charge is 0.452 e. The van der Waals surface area contributed by atoms with Gasteiger partial charge >= 0.3 is 5.97 Å². The van der Waals surface area contributed by atoms with Crippen molar-refractivity contribution in [3.63, 3.8) is 0 Å². The van der Waals surface area contributed by atoms with Crippen molar-refractivity contribution in [3.05, 3.63) is 38.9 Å². The van der Waals surface area contributed by atoms with Gasteiger partial charge in [-0.25, -0.2) is 4.79 Å². The van der Waals surface area contributed by atoms with E-state index in [1.807, 2.05) is 0 Å². The third kappa shape index (κ3) is 6.01. The van der Waals surface area contributed by atoms with Crippen LogP contribution in [0.1, 0.15) is 55.3 Å². The first-order chi connectivity index (χ1) is 12.0. The maximum Gasteiger partial charge on any atom is 0.340 e. The van der Waals surface area contributed by atoms with E-state index in [1.54, 1.807) is 0 Å². The molecule has 1 amide bonds. The van der Waals surface area contributed by atoms with Gasteiger partial charge in [0.25, 0.3) is 11.6 Å². The molecule has 1 aromatic carbocycles. The molecule has 0 bridgehead atoms. The molecular formula is C17H21ClN2O5. The summed E-state index contributed by atoms with van der Waals surface area (Å²) in [5.41, 5.74) is -0.227. The molecule has 7 nitrogen and oxygen atoms in total. The number of hydrogen-bond donors (Lipinski definition) is 1. The average molecular weight is 369 g/mol. The van der Waals surface area contributed by atoms with Gasteiger partial charge in [-0.15, -0.1) is 0 Å². The van der Waals surface area contributed by atoms with Crippen molar-refractivity contribution in [2.75, 3.05) is 6.61 Å². The molecule has 25 heavy (non-hydrogen) atoms. The second-order valence-electron chi connectivity index (χ2n) is 6.11. The Hall–Kier alpha value is -2.15. The van der Waals surface area contributed by atoms with Crippen LogP contribution in [-0.4, -0.2) is 29.4 Å². The average Bonchev–Trinajstić information content (AvgIpc) is 2.54. The number of nitro benzene ring substituents is 1. The van der Waals surface area contributed by atoms with Gasteiger partial charge in [-0.1, -0.05) is 43.7 Å². The van der Waals surface area contributed by atoms with Crippen molar-refractivity contribution in [1.82, 2.24) is 5.32 Å². The lowest BCUT2D eigenvalue weighted by Crippen LogP contribution is -2.38. The van der Waals surface area contributed by atoms with Crippen LogP contribution in [0.2, 0.25) is 5.02 Å². The zero-order chi connectivity index (χ0) is 18.2. The van der Waals surface area contributed by atoms with E-state index in [0.29, 0.717) is 0 Å². The number of nitrogens with one attached hydrogen (secondary N) is 1. The van der Waals surface area contributed by atoms with Crippen LogP contribution in [0.3, 0.4) is 0 Å². The highest BCUT2D eigenvalue weighted by Gasteiger charge is 2.19. The van der Waals surface area contributed by atoms with Crippen LogP contribution in [0.25, 0.3) is 0 Å². The molecule has 2 rings (SSSR count). The van der Waals surface area contributed by atoms with E-state index in [1.165, 1.54) is 25.3 Å². The smallest absolute Gasteiger partial charge is 0.340 e. The SMILES string of the molecule is O=C(COC(=O)c1ccc([N+](=O)[O-])cc1Cl)NC1CCCCCCC1. The summed E-state index contributed by atoms with van der Waals surface area (Å²) in [5.74, 6) is -1.13. The summed E-state index contributed by atoms with van der Waals surface area (Å²) in [5, 5.41) is 13.5. The Balaban J connectivity index is 1.84. The van der Waals surface area contributed by atoms with Crippen LogP contribution < -0.4 is 5.32 Å². The fourth-order valence-electron chi connectivity index (χ4n) is 2.86. The molecule has 0 spiro atoms. The first-order valence-electron chi connectivity index (χ1n) is 8.38. The number of nitro groups is 1. The minimum absolute atomic E-state index is 0.00831. The highest BCUT2D eigenvalue weighted by Crippen LogP contribution is 2.23. The highest BCUT2D eigenvalue weighted by molar-refractivity contribution is 6.33. The van der Waals surface area contributed by atoms with E-state index < -0.39 is 17.5 Å². The van der Waals surface area contributed by atoms with Gasteiger partial charge in [-0.3, -0.25) is 14.9 Å². The number of nitrogens with zero attached hydrogens (tertiary/aromatic N) is 1. The van der Waals surface area contributed by atoms with E-state index in [2.05, 4.69) is 5.32 Å². The van der Waals surface area contributed by atoms with Crippen LogP contribution in [0.5, 0.6) is 0 Å². The topological polar surface area (TPSA) is 98.5 Å². The summed E-state index contributed by atoms with van der Waals surface area (Å²) in [6.45, 7) is -0.400. The number of carbonyl (C=O) groups excluding carboxylic acids is 2. The van der Waals surface area contributed by atoms with Crippen molar-refractivity contribution in [3.8, 4) is 0 Å². The number of esters is 1. The summed E-state index contributed by atoms with van der Waals surface area (Å²) < 4.78 is 4.96. The number of non-ortho nitro benzene ring substituents is 1. The summed E-state index contributed by atoms with van der Waals surface area (Å²) >= 11 is 5.87. The second-order valence-corrected chi connectivity index (χ2v) is 6.51. The zero-order valence-corrected chi connectivity index (χ0v) is 14.6. The van der Waals surface area contributed by atoms with Gasteiger partial charge in [-0.2, -0.15) is 0 Å². The maximum absolute atomic E-state index is 12.0. The van der Waals surface area contributed by atoms with Gasteiger partial charge in [-0.05, 0) is 18.9 Å². The van der Waals surface area contributed by atoms with Gasteiger partial charge in [0.1, 0.15) is 0 Å². The first-order valence-corrected chi connectivity index (χ1v) is 8.75. The normalized spacial score (nSPS) is 15.7. The molecule has 0 atom stereocenters. The molecule has 0 unspecified atom stereocenters. The number of hydrogen-bond acceptors (Lipinski definition) is 5. The molecule has 136 valence electrons. The molecule has 0 heterocycles. The lowest BCUT2D eigenvalue weighted by atomic mass is 9.97. The summed E-state index contributed by atoms with van der Waals surface area (Å²) in [6, 6.07) is 3.58. The van der Waals surface area contributed by atoms with E-state index in [4.69, 9.17) is 16.3 Å². The van der Waals surface area contributed by atoms with Crippen molar-refractivity contribution in [2.45, 2.75) is 51.0 Å². The van der Waals surface area contributed by atoms with Crippen molar-refractivity contribution >= 4 is 29.2 Å². The molecule has 0 aliphatic heterocycles. The molecule has 1 aliphatic carbocycles. The van der Waals surface area contributed by atoms with Gasteiger partial charge < -0.3 is 10.1 Å². The number of rotatable bonds is 5. The monoisotopic (exact) mass is 368 g/mol. The number of benzene rings is 1. The molecule has 1 aliphatic rings. The predicted molar refractivity (Wildman–Crippen MR) is 92.6 cm³/mol. The fraction of sp³-hybridized carbons (Fsp3) is 0.529. The number of carbonyl (C=O) groups is 2. The minimum atomic E-state index is -0.785. The fourth-order valence-corrected chi connectivity index (χ4v) is 3.11. The molecule has 0 radical (unpaired) electrons. The van der Waals surface area contributed by atoms with E-state index >= 15 is 0 Å². The first kappa shape index (κ1) is 19.2. The number of halogens is 1. The molecule has 1 saturated carbocycles. The third-order valence-corrected chi connectivity index (χ3v) is 4.50. The van der Waals surface area contributed by atoms with Crippen LogP contribution in [0.15, 0.2) is 18.2 Å². The second kappa shape index (κ2) is 9.36. The minimum Gasteiger partial charge on any atom is -0.452 e. The van der Waals surface area contributed by atoms with Crippen molar-refractivity contribution in [2.24, 2.45) is 0 Å². The number of ether oxygens (including phenoxy) is 1. The molecule has 8 heteroatoms. The van der Waals surface area contributed by atoms with Crippen LogP contribution in [0, 0.1) is 10.1 Å². The van der Waals surface area contributed by atoms with Gasteiger partial charge in [0.15, 0.2) is 6.61 Å². The maximum atomic E-state index is 12.0. The molecule has 0 saturated heterocycles. The zero-order valence-electron chi connectivity index (χ0n) is 13.8. The van der Waals surface area contributed by atoms with Crippen LogP contribution >= 0.6 is 11.6 Å². The number of amides is 1. The third-order valence-electron chi connectivity index (χ3n) is 4.19. The Morgan fingerprint density at radius 3 is 2.44 bits per heavy atom. The molecule has 1 fully saturated rings. The molecule has 0 aromatic heterocycles. The Morgan fingerprint density at radius 1 is 1.20 bits per heavy atom. The summed E-state index contributed by atoms with van der Waals surface area (Å²) in [4.78, 5) is 34.0. The van der Waals surface area contributed by atoms with Gasteiger partial charge in [0.2, 0.25) is 0 Å². The molecular weight excluding hydrogens is 348 g/mol. The van der Waals surface area contributed by atoms with Crippen molar-refractivity contribution in [1.29, 1.82) is 0 Å². The summed E-state index contributed by atoms with van der Waals surface area (Å²) in [7, 11) is 0.